The van der Waals surface area contributed by atoms with Crippen molar-refractivity contribution in [3.8, 4) is 0 Å². The Hall–Kier alpha value is -1.92. The highest BCUT2D eigenvalue weighted by atomic mass is 32.2. The van der Waals surface area contributed by atoms with Gasteiger partial charge in [-0.15, -0.1) is 23.5 Å². The summed E-state index contributed by atoms with van der Waals surface area (Å²) in [5.41, 5.74) is 0. The molecule has 2 amide bonds. The van der Waals surface area contributed by atoms with Crippen molar-refractivity contribution in [3.05, 3.63) is 60.7 Å². The second-order valence-electron chi connectivity index (χ2n) is 7.16. The van der Waals surface area contributed by atoms with Gasteiger partial charge in [-0.25, -0.2) is 0 Å². The Kier molecular flexibility index (Phi) is 11.5. The Morgan fingerprint density at radius 3 is 1.40 bits per heavy atom. The summed E-state index contributed by atoms with van der Waals surface area (Å²) < 4.78 is 0. The van der Waals surface area contributed by atoms with Crippen molar-refractivity contribution >= 4 is 35.3 Å². The number of thioether (sulfide) groups is 2. The summed E-state index contributed by atoms with van der Waals surface area (Å²) >= 11 is 3.56. The molecule has 162 valence electrons. The molecule has 0 bridgehead atoms. The lowest BCUT2D eigenvalue weighted by Crippen LogP contribution is -2.37. The maximum atomic E-state index is 12.3. The number of hydrogen-bond donors (Lipinski definition) is 0. The van der Waals surface area contributed by atoms with E-state index in [2.05, 4.69) is 24.3 Å². The van der Waals surface area contributed by atoms with Gasteiger partial charge in [0.25, 0.3) is 0 Å². The Morgan fingerprint density at radius 1 is 0.667 bits per heavy atom. The second-order valence-corrected chi connectivity index (χ2v) is 9.50. The fourth-order valence-electron chi connectivity index (χ4n) is 2.79. The van der Waals surface area contributed by atoms with Crippen LogP contribution in [0.25, 0.3) is 0 Å². The molecular formula is C24H32N2O2S2. The summed E-state index contributed by atoms with van der Waals surface area (Å²) in [6.07, 6.45) is 2.81. The highest BCUT2D eigenvalue weighted by molar-refractivity contribution is 7.99. The number of benzene rings is 2. The third-order valence-electron chi connectivity index (χ3n) is 4.72. The molecule has 0 spiro atoms. The van der Waals surface area contributed by atoms with E-state index < -0.39 is 0 Å². The van der Waals surface area contributed by atoms with E-state index in [1.807, 2.05) is 50.5 Å². The highest BCUT2D eigenvalue weighted by Crippen LogP contribution is 2.19. The lowest BCUT2D eigenvalue weighted by atomic mass is 10.3. The van der Waals surface area contributed by atoms with Crippen molar-refractivity contribution in [1.29, 1.82) is 0 Å². The first kappa shape index (κ1) is 24.4. The van der Waals surface area contributed by atoms with Gasteiger partial charge in [0.15, 0.2) is 0 Å². The number of nitrogens with zero attached hydrogens (tertiary/aromatic N) is 2. The van der Waals surface area contributed by atoms with Crippen LogP contribution in [0.1, 0.15) is 25.7 Å². The summed E-state index contributed by atoms with van der Waals surface area (Å²) in [4.78, 5) is 30.5. The van der Waals surface area contributed by atoms with E-state index in [-0.39, 0.29) is 11.8 Å². The van der Waals surface area contributed by atoms with Crippen molar-refractivity contribution in [2.45, 2.75) is 35.5 Å². The summed E-state index contributed by atoms with van der Waals surface area (Å²) in [7, 11) is 3.64. The molecule has 0 aliphatic carbocycles. The fraction of sp³-hybridized carbons (Fsp3) is 0.417. The quantitative estimate of drug-likeness (QED) is 0.320. The van der Waals surface area contributed by atoms with Crippen LogP contribution >= 0.6 is 23.5 Å². The number of carbonyl (C=O) groups excluding carboxylic acids is 2. The minimum absolute atomic E-state index is 0.142. The molecule has 0 aliphatic rings. The molecule has 30 heavy (non-hydrogen) atoms. The second kappa shape index (κ2) is 14.1. The minimum Gasteiger partial charge on any atom is -0.344 e. The first-order valence-corrected chi connectivity index (χ1v) is 12.4. The molecule has 0 saturated heterocycles. The van der Waals surface area contributed by atoms with Gasteiger partial charge in [-0.05, 0) is 48.6 Å². The Labute approximate surface area is 189 Å². The monoisotopic (exact) mass is 444 g/mol. The van der Waals surface area contributed by atoms with Gasteiger partial charge in [0, 0.05) is 49.8 Å². The van der Waals surface area contributed by atoms with E-state index >= 15 is 0 Å². The molecule has 0 radical (unpaired) electrons. The van der Waals surface area contributed by atoms with Gasteiger partial charge in [-0.3, -0.25) is 9.59 Å². The zero-order valence-corrected chi connectivity index (χ0v) is 19.6. The van der Waals surface area contributed by atoms with Gasteiger partial charge in [-0.2, -0.15) is 0 Å². The average molecular weight is 445 g/mol. The van der Waals surface area contributed by atoms with Crippen LogP contribution in [-0.4, -0.2) is 60.3 Å². The molecule has 6 heteroatoms. The van der Waals surface area contributed by atoms with Crippen LogP contribution in [0, 0.1) is 0 Å². The van der Waals surface area contributed by atoms with E-state index in [9.17, 15) is 9.59 Å². The molecule has 0 atom stereocenters. The van der Waals surface area contributed by atoms with Crippen LogP contribution in [0.15, 0.2) is 70.5 Å². The molecule has 2 rings (SSSR count). The zero-order chi connectivity index (χ0) is 21.6. The lowest BCUT2D eigenvalue weighted by molar-refractivity contribution is -0.133. The normalized spacial score (nSPS) is 10.6. The minimum atomic E-state index is 0.142. The molecule has 0 fully saturated rings. The van der Waals surface area contributed by atoms with Crippen LogP contribution < -0.4 is 0 Å². The third kappa shape index (κ3) is 9.72. The SMILES string of the molecule is CN(CCN(C)C(=O)CCCSc1ccccc1)C(=O)CCCSc1ccccc1. The fourth-order valence-corrected chi connectivity index (χ4v) is 4.54. The van der Waals surface area contributed by atoms with Gasteiger partial charge < -0.3 is 9.80 Å². The van der Waals surface area contributed by atoms with E-state index in [1.54, 1.807) is 33.3 Å². The van der Waals surface area contributed by atoms with Crippen LogP contribution in [0.5, 0.6) is 0 Å². The average Bonchev–Trinajstić information content (AvgIpc) is 2.78. The van der Waals surface area contributed by atoms with Crippen LogP contribution in [-0.2, 0) is 9.59 Å². The number of hydrogen-bond acceptors (Lipinski definition) is 4. The molecule has 0 N–H and O–H groups in total. The molecule has 0 aliphatic heterocycles. The predicted octanol–water partition coefficient (Wildman–Crippen LogP) is 5.05. The summed E-state index contributed by atoms with van der Waals surface area (Å²) in [5, 5.41) is 0. The van der Waals surface area contributed by atoms with Crippen LogP contribution in [0.3, 0.4) is 0 Å². The molecule has 2 aromatic carbocycles. The maximum absolute atomic E-state index is 12.3. The van der Waals surface area contributed by atoms with Crippen molar-refractivity contribution in [2.24, 2.45) is 0 Å². The summed E-state index contributed by atoms with van der Waals surface area (Å²) in [5.74, 6) is 2.15. The Bertz CT molecular complexity index is 691. The number of likely N-dealkylation sites (N-methyl/N-ethyl adjacent to an activating group) is 2. The number of rotatable bonds is 13. The number of amides is 2. The van der Waals surface area contributed by atoms with Crippen molar-refractivity contribution < 1.29 is 9.59 Å². The van der Waals surface area contributed by atoms with Crippen molar-refractivity contribution in [1.82, 2.24) is 9.80 Å². The third-order valence-corrected chi connectivity index (χ3v) is 6.91. The lowest BCUT2D eigenvalue weighted by Gasteiger charge is -2.22. The zero-order valence-electron chi connectivity index (χ0n) is 18.0. The van der Waals surface area contributed by atoms with Crippen LogP contribution in [0.2, 0.25) is 0 Å². The Morgan fingerprint density at radius 2 is 1.03 bits per heavy atom. The summed E-state index contributed by atoms with van der Waals surface area (Å²) in [6.45, 7) is 1.15. The van der Waals surface area contributed by atoms with Crippen molar-refractivity contribution in [3.63, 3.8) is 0 Å². The maximum Gasteiger partial charge on any atom is 0.222 e. The van der Waals surface area contributed by atoms with Crippen molar-refractivity contribution in [2.75, 3.05) is 38.7 Å². The van der Waals surface area contributed by atoms with E-state index in [4.69, 9.17) is 0 Å². The smallest absolute Gasteiger partial charge is 0.222 e. The number of carbonyl (C=O) groups is 2. The largest absolute Gasteiger partial charge is 0.344 e. The van der Waals surface area contributed by atoms with Gasteiger partial charge in [0.05, 0.1) is 0 Å². The molecule has 0 unspecified atom stereocenters. The predicted molar refractivity (Wildman–Crippen MR) is 128 cm³/mol. The van der Waals surface area contributed by atoms with Gasteiger partial charge in [-0.1, -0.05) is 36.4 Å². The van der Waals surface area contributed by atoms with Gasteiger partial charge >= 0.3 is 0 Å². The first-order chi connectivity index (χ1) is 14.6. The van der Waals surface area contributed by atoms with E-state index in [1.165, 1.54) is 9.79 Å². The molecule has 0 heterocycles. The molecule has 4 nitrogen and oxygen atoms in total. The molecular weight excluding hydrogens is 412 g/mol. The topological polar surface area (TPSA) is 40.6 Å². The van der Waals surface area contributed by atoms with Gasteiger partial charge in [0.2, 0.25) is 11.8 Å². The van der Waals surface area contributed by atoms with E-state index in [0.717, 1.165) is 24.3 Å². The van der Waals surface area contributed by atoms with E-state index in [0.29, 0.717) is 25.9 Å². The van der Waals surface area contributed by atoms with Crippen LogP contribution in [0.4, 0.5) is 0 Å². The Balaban J connectivity index is 1.54. The highest BCUT2D eigenvalue weighted by Gasteiger charge is 2.12. The van der Waals surface area contributed by atoms with Gasteiger partial charge in [0.1, 0.15) is 0 Å². The molecule has 2 aromatic rings. The standard InChI is InChI=1S/C24H32N2O2S2/c1-25(23(27)15-9-19-29-21-11-5-3-6-12-21)17-18-26(2)24(28)16-10-20-30-22-13-7-4-8-14-22/h3-8,11-14H,9-10,15-20H2,1-2H3. The molecule has 0 aromatic heterocycles. The molecule has 0 saturated carbocycles. The first-order valence-electron chi connectivity index (χ1n) is 10.4. The summed E-state index contributed by atoms with van der Waals surface area (Å²) in [6, 6.07) is 20.5.